The zero-order valence-electron chi connectivity index (χ0n) is 6.76. The molecule has 0 spiro atoms. The van der Waals surface area contributed by atoms with Gasteiger partial charge in [-0.3, -0.25) is 4.79 Å². The predicted molar refractivity (Wildman–Crippen MR) is 39.4 cm³/mol. The third-order valence-corrected chi connectivity index (χ3v) is 1.11. The first-order valence-electron chi connectivity index (χ1n) is 3.48. The van der Waals surface area contributed by atoms with Gasteiger partial charge in [-0.1, -0.05) is 6.92 Å². The number of rotatable bonds is 3. The Kier molecular flexibility index (Phi) is 4.03. The van der Waals surface area contributed by atoms with Crippen LogP contribution in [0.25, 0.3) is 0 Å². The van der Waals surface area contributed by atoms with Crippen molar-refractivity contribution in [1.82, 2.24) is 0 Å². The lowest BCUT2D eigenvalue weighted by atomic mass is 10.2. The van der Waals surface area contributed by atoms with Crippen LogP contribution in [0.5, 0.6) is 0 Å². The Bertz CT molecular complexity index is 112. The van der Waals surface area contributed by atoms with Crippen molar-refractivity contribution in [3.8, 4) is 0 Å². The second-order valence-electron chi connectivity index (χ2n) is 2.62. The highest BCUT2D eigenvalue weighted by atomic mass is 16.5. The van der Waals surface area contributed by atoms with E-state index in [4.69, 9.17) is 10.5 Å². The molecule has 0 aliphatic heterocycles. The molecule has 3 heteroatoms. The van der Waals surface area contributed by atoms with Crippen LogP contribution < -0.4 is 5.73 Å². The molecule has 0 saturated carbocycles. The first-order chi connectivity index (χ1) is 4.57. The number of esters is 1. The first kappa shape index (κ1) is 9.43. The number of nitrogens with two attached hydrogens (primary N) is 1. The van der Waals surface area contributed by atoms with Gasteiger partial charge in [-0.15, -0.1) is 0 Å². The topological polar surface area (TPSA) is 52.3 Å². The van der Waals surface area contributed by atoms with Crippen LogP contribution in [0.4, 0.5) is 0 Å². The van der Waals surface area contributed by atoms with Gasteiger partial charge < -0.3 is 10.5 Å². The quantitative estimate of drug-likeness (QED) is 0.589. The smallest absolute Gasteiger partial charge is 0.310 e. The van der Waals surface area contributed by atoms with Gasteiger partial charge in [0.05, 0.1) is 12.0 Å². The van der Waals surface area contributed by atoms with Crippen molar-refractivity contribution in [2.75, 3.05) is 6.54 Å². The molecule has 0 aliphatic rings. The minimum atomic E-state index is -0.211. The van der Waals surface area contributed by atoms with Gasteiger partial charge in [0.25, 0.3) is 0 Å². The Hall–Kier alpha value is -0.570. The van der Waals surface area contributed by atoms with E-state index in [1.165, 1.54) is 0 Å². The summed E-state index contributed by atoms with van der Waals surface area (Å²) in [6, 6.07) is 0. The second kappa shape index (κ2) is 4.28. The van der Waals surface area contributed by atoms with E-state index in [0.29, 0.717) is 6.54 Å². The summed E-state index contributed by atoms with van der Waals surface area (Å²) < 4.78 is 4.88. The summed E-state index contributed by atoms with van der Waals surface area (Å²) in [6.45, 7) is 5.75. The molecule has 60 valence electrons. The van der Waals surface area contributed by atoms with E-state index in [-0.39, 0.29) is 18.0 Å². The van der Waals surface area contributed by atoms with E-state index < -0.39 is 0 Å². The van der Waals surface area contributed by atoms with Gasteiger partial charge in [-0.05, 0) is 13.8 Å². The lowest BCUT2D eigenvalue weighted by Gasteiger charge is -2.11. The molecule has 0 unspecified atom stereocenters. The molecule has 3 nitrogen and oxygen atoms in total. The van der Waals surface area contributed by atoms with E-state index in [1.807, 2.05) is 13.8 Å². The lowest BCUT2D eigenvalue weighted by molar-refractivity contribution is -0.151. The Morgan fingerprint density at radius 2 is 2.00 bits per heavy atom. The molecular formula is C7H15NO2. The summed E-state index contributed by atoms with van der Waals surface area (Å²) in [6.07, 6.45) is -0.0403. The average molecular weight is 145 g/mol. The number of carbonyl (C=O) groups excluding carboxylic acids is 1. The summed E-state index contributed by atoms with van der Waals surface area (Å²) in [5.41, 5.74) is 5.25. The van der Waals surface area contributed by atoms with Crippen molar-refractivity contribution in [3.05, 3.63) is 0 Å². The fourth-order valence-electron chi connectivity index (χ4n) is 0.445. The number of ether oxygens (including phenoxy) is 1. The van der Waals surface area contributed by atoms with Crippen LogP contribution in [-0.2, 0) is 9.53 Å². The van der Waals surface area contributed by atoms with E-state index in [0.717, 1.165) is 0 Å². The number of hydrogen-bond acceptors (Lipinski definition) is 3. The summed E-state index contributed by atoms with van der Waals surface area (Å²) in [5, 5.41) is 0. The van der Waals surface area contributed by atoms with Crippen molar-refractivity contribution < 1.29 is 9.53 Å². The van der Waals surface area contributed by atoms with Crippen LogP contribution >= 0.6 is 0 Å². The summed E-state index contributed by atoms with van der Waals surface area (Å²) >= 11 is 0. The van der Waals surface area contributed by atoms with Gasteiger partial charge in [0.1, 0.15) is 0 Å². The van der Waals surface area contributed by atoms with Gasteiger partial charge in [0.15, 0.2) is 0 Å². The zero-order chi connectivity index (χ0) is 8.15. The molecular weight excluding hydrogens is 130 g/mol. The highest BCUT2D eigenvalue weighted by molar-refractivity contribution is 5.72. The maximum Gasteiger partial charge on any atom is 0.310 e. The highest BCUT2D eigenvalue weighted by Crippen LogP contribution is 1.98. The molecule has 0 rings (SSSR count). The van der Waals surface area contributed by atoms with Crippen LogP contribution in [0, 0.1) is 5.92 Å². The third-order valence-electron chi connectivity index (χ3n) is 1.11. The number of carbonyl (C=O) groups is 1. The first-order valence-corrected chi connectivity index (χ1v) is 3.48. The zero-order valence-corrected chi connectivity index (χ0v) is 6.76. The number of hydrogen-bond donors (Lipinski definition) is 1. The van der Waals surface area contributed by atoms with Crippen molar-refractivity contribution >= 4 is 5.97 Å². The fourth-order valence-corrected chi connectivity index (χ4v) is 0.445. The van der Waals surface area contributed by atoms with Gasteiger partial charge in [-0.2, -0.15) is 0 Å². The van der Waals surface area contributed by atoms with Gasteiger partial charge >= 0.3 is 5.97 Å². The van der Waals surface area contributed by atoms with E-state index in [1.54, 1.807) is 6.92 Å². The van der Waals surface area contributed by atoms with E-state index >= 15 is 0 Å². The molecule has 0 aromatic rings. The molecule has 0 bridgehead atoms. The molecule has 0 saturated heterocycles. The molecule has 0 aliphatic carbocycles. The Morgan fingerprint density at radius 1 is 1.50 bits per heavy atom. The predicted octanol–water partition coefficient (Wildman–Crippen LogP) is 0.533. The van der Waals surface area contributed by atoms with Crippen LogP contribution in [0.15, 0.2) is 0 Å². The van der Waals surface area contributed by atoms with Gasteiger partial charge in [0, 0.05) is 6.54 Å². The average Bonchev–Trinajstić information content (AvgIpc) is 1.85. The second-order valence-corrected chi connectivity index (χ2v) is 2.62. The van der Waals surface area contributed by atoms with Crippen molar-refractivity contribution in [1.29, 1.82) is 0 Å². The SMILES string of the molecule is CC(C)OC(=O)[C@H](C)CN. The van der Waals surface area contributed by atoms with Gasteiger partial charge in [-0.25, -0.2) is 0 Å². The molecule has 10 heavy (non-hydrogen) atoms. The van der Waals surface area contributed by atoms with Crippen LogP contribution in [0.3, 0.4) is 0 Å². The summed E-state index contributed by atoms with van der Waals surface area (Å²) in [4.78, 5) is 10.9. The largest absolute Gasteiger partial charge is 0.463 e. The van der Waals surface area contributed by atoms with Crippen LogP contribution in [-0.4, -0.2) is 18.6 Å². The van der Waals surface area contributed by atoms with Crippen LogP contribution in [0.2, 0.25) is 0 Å². The Labute approximate surface area is 61.5 Å². The summed E-state index contributed by atoms with van der Waals surface area (Å²) in [7, 11) is 0. The van der Waals surface area contributed by atoms with Crippen molar-refractivity contribution in [2.45, 2.75) is 26.9 Å². The third kappa shape index (κ3) is 3.45. The van der Waals surface area contributed by atoms with E-state index in [9.17, 15) is 4.79 Å². The molecule has 2 N–H and O–H groups in total. The standard InChI is InChI=1S/C7H15NO2/c1-5(2)10-7(9)6(3)4-8/h5-6H,4,8H2,1-3H3/t6-/m1/s1. The Balaban J connectivity index is 3.62. The molecule has 1 atom stereocenters. The molecule has 0 heterocycles. The normalized spacial score (nSPS) is 13.3. The maximum absolute atomic E-state index is 10.9. The molecule has 0 aromatic carbocycles. The lowest BCUT2D eigenvalue weighted by Crippen LogP contribution is -2.25. The minimum Gasteiger partial charge on any atom is -0.463 e. The molecule has 0 fully saturated rings. The molecule has 0 radical (unpaired) electrons. The van der Waals surface area contributed by atoms with E-state index in [2.05, 4.69) is 0 Å². The fraction of sp³-hybridized carbons (Fsp3) is 0.857. The van der Waals surface area contributed by atoms with Crippen molar-refractivity contribution in [3.63, 3.8) is 0 Å². The minimum absolute atomic E-state index is 0.0403. The highest BCUT2D eigenvalue weighted by Gasteiger charge is 2.12. The monoisotopic (exact) mass is 145 g/mol. The van der Waals surface area contributed by atoms with Crippen molar-refractivity contribution in [2.24, 2.45) is 11.7 Å². The van der Waals surface area contributed by atoms with Gasteiger partial charge in [0.2, 0.25) is 0 Å². The summed E-state index contributed by atoms with van der Waals surface area (Å²) in [5.74, 6) is -0.389. The maximum atomic E-state index is 10.9. The molecule has 0 amide bonds. The Morgan fingerprint density at radius 3 is 2.30 bits per heavy atom. The van der Waals surface area contributed by atoms with Crippen LogP contribution in [0.1, 0.15) is 20.8 Å². The molecule has 0 aromatic heterocycles.